The Balaban J connectivity index is 1.76. The summed E-state index contributed by atoms with van der Waals surface area (Å²) in [6.45, 7) is 3.34. The third kappa shape index (κ3) is 3.31. The van der Waals surface area contributed by atoms with Crippen LogP contribution in [0.15, 0.2) is 23.1 Å². The monoisotopic (exact) mass is 386 g/mol. The lowest BCUT2D eigenvalue weighted by atomic mass is 10.1. The molecule has 148 valence electrons. The number of halogens is 1. The van der Waals surface area contributed by atoms with E-state index in [0.717, 1.165) is 5.39 Å². The average molecular weight is 386 g/mol. The number of aromatic nitrogens is 5. The molecule has 1 fully saturated rings. The number of rotatable bonds is 4. The van der Waals surface area contributed by atoms with E-state index in [2.05, 4.69) is 25.7 Å². The van der Waals surface area contributed by atoms with E-state index < -0.39 is 6.17 Å². The maximum Gasteiger partial charge on any atom is 0.261 e. The first kappa shape index (κ1) is 18.4. The van der Waals surface area contributed by atoms with Crippen molar-refractivity contribution in [3.05, 3.63) is 28.7 Å². The highest BCUT2D eigenvalue weighted by atomic mass is 19.1. The average Bonchev–Trinajstić information content (AvgIpc) is 2.99. The van der Waals surface area contributed by atoms with E-state index in [1.165, 1.54) is 0 Å². The molecule has 4 rings (SSSR count). The number of aryl methyl sites for hydroxylation is 2. The van der Waals surface area contributed by atoms with Crippen LogP contribution in [0.3, 0.4) is 0 Å². The minimum atomic E-state index is -0.894. The number of nitrogen functional groups attached to an aromatic ring is 1. The zero-order valence-electron chi connectivity index (χ0n) is 15.8. The second kappa shape index (κ2) is 7.19. The van der Waals surface area contributed by atoms with Gasteiger partial charge in [-0.25, -0.2) is 9.37 Å². The van der Waals surface area contributed by atoms with Crippen LogP contribution in [0.25, 0.3) is 22.3 Å². The van der Waals surface area contributed by atoms with Crippen molar-refractivity contribution in [2.45, 2.75) is 32.1 Å². The first-order valence-electron chi connectivity index (χ1n) is 9.28. The molecule has 0 aromatic carbocycles. The number of piperidine rings is 1. The number of pyridine rings is 1. The molecule has 1 aliphatic heterocycles. The van der Waals surface area contributed by atoms with E-state index in [0.29, 0.717) is 54.7 Å². The fourth-order valence-corrected chi connectivity index (χ4v) is 3.63. The van der Waals surface area contributed by atoms with Crippen LogP contribution in [0, 0.1) is 0 Å². The standard InChI is InChI=1S/C18H23FN8O/c1-3-27-16-10(4-13(17(27)28)14-6-15(20)25-26(14)2)7-22-18(24-16)23-12-5-11(19)8-21-9-12/h4,6-7,11-12,21H,3,5,8-9H2,1-2H3,(H2,20,25)(H,22,23,24)/t11-,12-/m0/s1. The van der Waals surface area contributed by atoms with Crippen LogP contribution in [-0.2, 0) is 13.6 Å². The van der Waals surface area contributed by atoms with Gasteiger partial charge in [0.05, 0.1) is 11.3 Å². The molecule has 1 saturated heterocycles. The van der Waals surface area contributed by atoms with Gasteiger partial charge in [-0.15, -0.1) is 0 Å². The summed E-state index contributed by atoms with van der Waals surface area (Å²) in [7, 11) is 1.74. The molecule has 4 N–H and O–H groups in total. The second-order valence-electron chi connectivity index (χ2n) is 6.99. The van der Waals surface area contributed by atoms with Gasteiger partial charge in [-0.2, -0.15) is 10.1 Å². The molecule has 0 saturated carbocycles. The summed E-state index contributed by atoms with van der Waals surface area (Å²) in [5, 5.41) is 11.0. The first-order valence-corrected chi connectivity index (χ1v) is 9.28. The van der Waals surface area contributed by atoms with E-state index in [-0.39, 0.29) is 11.6 Å². The number of nitrogens with one attached hydrogen (secondary N) is 2. The summed E-state index contributed by atoms with van der Waals surface area (Å²) in [6, 6.07) is 3.33. The zero-order valence-corrected chi connectivity index (χ0v) is 15.8. The van der Waals surface area contributed by atoms with Crippen LogP contribution in [0.5, 0.6) is 0 Å². The summed E-state index contributed by atoms with van der Waals surface area (Å²) < 4.78 is 16.8. The van der Waals surface area contributed by atoms with Crippen LogP contribution in [0.2, 0.25) is 0 Å². The number of fused-ring (bicyclic) bond motifs is 1. The molecule has 2 atom stereocenters. The number of nitrogens with zero attached hydrogens (tertiary/aromatic N) is 5. The van der Waals surface area contributed by atoms with Crippen molar-refractivity contribution < 1.29 is 4.39 Å². The maximum absolute atomic E-state index is 13.6. The molecule has 28 heavy (non-hydrogen) atoms. The lowest BCUT2D eigenvalue weighted by Gasteiger charge is -2.26. The highest BCUT2D eigenvalue weighted by molar-refractivity contribution is 5.81. The van der Waals surface area contributed by atoms with Crippen molar-refractivity contribution in [3.63, 3.8) is 0 Å². The normalized spacial score (nSPS) is 19.8. The Hall–Kier alpha value is -3.01. The Kier molecular flexibility index (Phi) is 4.71. The SMILES string of the molecule is CCn1c(=O)c(-c2cc(N)nn2C)cc2cnc(N[C@@H]3CNC[C@@H](F)C3)nc21. The minimum Gasteiger partial charge on any atom is -0.382 e. The fourth-order valence-electron chi connectivity index (χ4n) is 3.63. The van der Waals surface area contributed by atoms with Crippen molar-refractivity contribution >= 4 is 22.8 Å². The molecule has 0 radical (unpaired) electrons. The fraction of sp³-hybridized carbons (Fsp3) is 0.444. The second-order valence-corrected chi connectivity index (χ2v) is 6.99. The molecule has 1 aliphatic rings. The van der Waals surface area contributed by atoms with E-state index >= 15 is 0 Å². The van der Waals surface area contributed by atoms with Crippen LogP contribution in [0.4, 0.5) is 16.2 Å². The molecule has 10 heteroatoms. The predicted molar refractivity (Wildman–Crippen MR) is 106 cm³/mol. The summed E-state index contributed by atoms with van der Waals surface area (Å²) >= 11 is 0. The van der Waals surface area contributed by atoms with E-state index in [4.69, 9.17) is 5.73 Å². The molecule has 3 aromatic rings. The van der Waals surface area contributed by atoms with Gasteiger partial charge >= 0.3 is 0 Å². The van der Waals surface area contributed by atoms with Crippen LogP contribution in [0.1, 0.15) is 13.3 Å². The van der Waals surface area contributed by atoms with Crippen LogP contribution < -0.4 is 21.9 Å². The number of nitrogens with two attached hydrogens (primary N) is 1. The van der Waals surface area contributed by atoms with Gasteiger partial charge in [-0.1, -0.05) is 0 Å². The van der Waals surface area contributed by atoms with Crippen LogP contribution >= 0.6 is 0 Å². The highest BCUT2D eigenvalue weighted by Gasteiger charge is 2.22. The highest BCUT2D eigenvalue weighted by Crippen LogP contribution is 2.22. The molecule has 0 aliphatic carbocycles. The predicted octanol–water partition coefficient (Wildman–Crippen LogP) is 0.906. The molecular weight excluding hydrogens is 363 g/mol. The third-order valence-corrected chi connectivity index (χ3v) is 4.95. The van der Waals surface area contributed by atoms with Gasteiger partial charge in [0.2, 0.25) is 5.95 Å². The third-order valence-electron chi connectivity index (χ3n) is 4.95. The van der Waals surface area contributed by atoms with Crippen molar-refractivity contribution in [2.75, 3.05) is 24.1 Å². The molecule has 9 nitrogen and oxygen atoms in total. The van der Waals surface area contributed by atoms with Gasteiger partial charge in [-0.3, -0.25) is 14.0 Å². The van der Waals surface area contributed by atoms with E-state index in [1.54, 1.807) is 34.6 Å². The largest absolute Gasteiger partial charge is 0.382 e. The Labute approximate surface area is 160 Å². The van der Waals surface area contributed by atoms with Gasteiger partial charge in [-0.05, 0) is 13.0 Å². The Morgan fingerprint density at radius 2 is 2.21 bits per heavy atom. The molecule has 4 heterocycles. The molecule has 0 spiro atoms. The summed E-state index contributed by atoms with van der Waals surface area (Å²) in [4.78, 5) is 22.0. The van der Waals surface area contributed by atoms with Gasteiger partial charge in [0.1, 0.15) is 17.6 Å². The van der Waals surface area contributed by atoms with Gasteiger partial charge in [0, 0.05) is 56.8 Å². The van der Waals surface area contributed by atoms with E-state index in [1.807, 2.05) is 6.92 Å². The van der Waals surface area contributed by atoms with Gasteiger partial charge in [0.25, 0.3) is 5.56 Å². The number of hydrogen-bond acceptors (Lipinski definition) is 7. The topological polar surface area (TPSA) is 116 Å². The summed E-state index contributed by atoms with van der Waals surface area (Å²) in [5.74, 6) is 0.732. The Morgan fingerprint density at radius 3 is 2.89 bits per heavy atom. The smallest absolute Gasteiger partial charge is 0.261 e. The van der Waals surface area contributed by atoms with Gasteiger partial charge in [0.15, 0.2) is 0 Å². The van der Waals surface area contributed by atoms with Crippen molar-refractivity contribution in [1.29, 1.82) is 0 Å². The molecule has 0 bridgehead atoms. The summed E-state index contributed by atoms with van der Waals surface area (Å²) in [6.07, 6.45) is 1.17. The zero-order chi connectivity index (χ0) is 19.8. The Bertz CT molecular complexity index is 1080. The molecule has 3 aromatic heterocycles. The van der Waals surface area contributed by atoms with Crippen molar-refractivity contribution in [2.24, 2.45) is 7.05 Å². The number of alkyl halides is 1. The lowest BCUT2D eigenvalue weighted by molar-refractivity contribution is 0.254. The van der Waals surface area contributed by atoms with Crippen molar-refractivity contribution in [1.82, 2.24) is 29.6 Å². The molecule has 0 amide bonds. The summed E-state index contributed by atoms with van der Waals surface area (Å²) in [5.41, 5.74) is 7.24. The van der Waals surface area contributed by atoms with Crippen molar-refractivity contribution in [3.8, 4) is 11.3 Å². The Morgan fingerprint density at radius 1 is 1.39 bits per heavy atom. The quantitative estimate of drug-likeness (QED) is 0.610. The maximum atomic E-state index is 13.6. The molecule has 0 unspecified atom stereocenters. The first-order chi connectivity index (χ1) is 13.5. The number of anilines is 2. The van der Waals surface area contributed by atoms with E-state index in [9.17, 15) is 9.18 Å². The van der Waals surface area contributed by atoms with Crippen LogP contribution in [-0.4, -0.2) is 49.6 Å². The number of hydrogen-bond donors (Lipinski definition) is 3. The van der Waals surface area contributed by atoms with Gasteiger partial charge < -0.3 is 16.4 Å². The lowest BCUT2D eigenvalue weighted by Crippen LogP contribution is -2.44. The molecular formula is C18H23FN8O. The minimum absolute atomic E-state index is 0.0975.